The summed E-state index contributed by atoms with van der Waals surface area (Å²) >= 11 is 0. The van der Waals surface area contributed by atoms with Gasteiger partial charge < -0.3 is 10.2 Å². The zero-order chi connectivity index (χ0) is 21.4. The second-order valence-electron chi connectivity index (χ2n) is 8.41. The van der Waals surface area contributed by atoms with E-state index in [1.807, 2.05) is 30.2 Å². The second kappa shape index (κ2) is 8.06. The number of amides is 1. The van der Waals surface area contributed by atoms with Gasteiger partial charge in [-0.15, -0.1) is 0 Å². The van der Waals surface area contributed by atoms with E-state index in [1.54, 1.807) is 30.6 Å². The van der Waals surface area contributed by atoms with E-state index in [0.29, 0.717) is 18.0 Å². The number of piperidine rings is 2. The number of carbonyl (C=O) groups excluding carboxylic acids is 1. The van der Waals surface area contributed by atoms with E-state index >= 15 is 0 Å². The lowest BCUT2D eigenvalue weighted by Crippen LogP contribution is -2.59. The Morgan fingerprint density at radius 3 is 2.68 bits per heavy atom. The Morgan fingerprint density at radius 1 is 1.10 bits per heavy atom. The number of hydrogen-bond acceptors (Lipinski definition) is 5. The number of halogens is 1. The molecule has 31 heavy (non-hydrogen) atoms. The fraction of sp³-hybridized carbons (Fsp3) is 0.333. The Bertz CT molecular complexity index is 1090. The van der Waals surface area contributed by atoms with E-state index in [2.05, 4.69) is 20.3 Å². The number of anilines is 1. The molecule has 2 aromatic heterocycles. The van der Waals surface area contributed by atoms with Crippen LogP contribution in [0.4, 0.5) is 10.2 Å². The summed E-state index contributed by atoms with van der Waals surface area (Å²) in [5, 5.41) is 3.53. The molecule has 2 bridgehead atoms. The van der Waals surface area contributed by atoms with Gasteiger partial charge in [0, 0.05) is 31.2 Å². The summed E-state index contributed by atoms with van der Waals surface area (Å²) in [5.41, 5.74) is 1.58. The maximum absolute atomic E-state index is 14.8. The molecule has 0 spiro atoms. The van der Waals surface area contributed by atoms with Gasteiger partial charge in [0.1, 0.15) is 11.6 Å². The summed E-state index contributed by atoms with van der Waals surface area (Å²) in [7, 11) is 0. The van der Waals surface area contributed by atoms with Crippen molar-refractivity contribution in [1.29, 1.82) is 0 Å². The minimum atomic E-state index is -0.488. The summed E-state index contributed by atoms with van der Waals surface area (Å²) in [6.07, 6.45) is 7.98. The quantitative estimate of drug-likeness (QED) is 0.692. The van der Waals surface area contributed by atoms with Crippen molar-refractivity contribution >= 4 is 11.7 Å². The van der Waals surface area contributed by atoms with Crippen molar-refractivity contribution in [2.45, 2.75) is 38.3 Å². The number of carbonyl (C=O) groups is 1. The normalized spacial score (nSPS) is 22.4. The highest BCUT2D eigenvalue weighted by atomic mass is 19.1. The van der Waals surface area contributed by atoms with Gasteiger partial charge in [0.25, 0.3) is 5.91 Å². The largest absolute Gasteiger partial charge is 0.365 e. The van der Waals surface area contributed by atoms with Crippen molar-refractivity contribution in [3.8, 4) is 11.4 Å². The Labute approximate surface area is 180 Å². The molecule has 4 heterocycles. The third-order valence-electron chi connectivity index (χ3n) is 6.32. The number of nitrogens with one attached hydrogen (secondary N) is 1. The van der Waals surface area contributed by atoms with Crippen molar-refractivity contribution in [2.24, 2.45) is 5.92 Å². The Morgan fingerprint density at radius 2 is 1.94 bits per heavy atom. The van der Waals surface area contributed by atoms with E-state index < -0.39 is 5.82 Å². The predicted molar refractivity (Wildman–Crippen MR) is 116 cm³/mol. The number of aromatic nitrogens is 3. The molecular formula is C24H24FN5O. The molecule has 1 saturated carbocycles. The molecule has 1 amide bonds. The van der Waals surface area contributed by atoms with E-state index in [9.17, 15) is 9.18 Å². The van der Waals surface area contributed by atoms with Crippen LogP contribution in [0.3, 0.4) is 0 Å². The van der Waals surface area contributed by atoms with E-state index in [0.717, 1.165) is 30.6 Å². The van der Waals surface area contributed by atoms with Gasteiger partial charge in [-0.05, 0) is 61.9 Å². The highest BCUT2D eigenvalue weighted by Crippen LogP contribution is 2.38. The van der Waals surface area contributed by atoms with Crippen LogP contribution in [-0.4, -0.2) is 44.4 Å². The second-order valence-corrected chi connectivity index (χ2v) is 8.41. The highest BCUT2D eigenvalue weighted by molar-refractivity contribution is 6.00. The standard InChI is InChI=1S/C24H24FN5O/c1-15-6-9-21(28-13-15)29-19-12-16-7-8-20(19)30(14-16)24(31)17-4-2-5-18(25)22(17)23-26-10-3-11-27-23/h2-6,9-11,13,16,19-20H,7-8,12,14H2,1H3,(H,28,29)/t16-,19+,20-/m0/s1. The Balaban J connectivity index is 1.45. The maximum Gasteiger partial charge on any atom is 0.255 e. The molecule has 3 fully saturated rings. The van der Waals surface area contributed by atoms with Gasteiger partial charge in [-0.25, -0.2) is 19.3 Å². The minimum absolute atomic E-state index is 0.0356. The Kier molecular flexibility index (Phi) is 5.10. The lowest BCUT2D eigenvalue weighted by molar-refractivity contribution is 0.0282. The number of pyridine rings is 1. The zero-order valence-electron chi connectivity index (χ0n) is 17.3. The van der Waals surface area contributed by atoms with Crippen LogP contribution in [0.2, 0.25) is 0 Å². The van der Waals surface area contributed by atoms with Crippen molar-refractivity contribution in [3.63, 3.8) is 0 Å². The third-order valence-corrected chi connectivity index (χ3v) is 6.32. The van der Waals surface area contributed by atoms with Gasteiger partial charge in [0.05, 0.1) is 17.2 Å². The number of nitrogens with zero attached hydrogens (tertiary/aromatic N) is 4. The van der Waals surface area contributed by atoms with Crippen LogP contribution < -0.4 is 5.32 Å². The number of rotatable bonds is 4. The average Bonchev–Trinajstić information content (AvgIpc) is 2.81. The molecule has 0 radical (unpaired) electrons. The molecular weight excluding hydrogens is 393 g/mol. The molecule has 0 unspecified atom stereocenters. The minimum Gasteiger partial charge on any atom is -0.365 e. The highest BCUT2D eigenvalue weighted by Gasteiger charge is 2.43. The molecule has 1 N–H and O–H groups in total. The molecule has 1 aliphatic carbocycles. The first kappa shape index (κ1) is 19.6. The van der Waals surface area contributed by atoms with Gasteiger partial charge in [-0.2, -0.15) is 0 Å². The van der Waals surface area contributed by atoms with Crippen LogP contribution in [-0.2, 0) is 0 Å². The molecule has 1 aromatic carbocycles. The molecule has 3 aromatic rings. The lowest BCUT2D eigenvalue weighted by Gasteiger charge is -2.50. The average molecular weight is 417 g/mol. The topological polar surface area (TPSA) is 71.0 Å². The molecule has 2 aliphatic heterocycles. The predicted octanol–water partition coefficient (Wildman–Crippen LogP) is 4.09. The summed E-state index contributed by atoms with van der Waals surface area (Å²) in [4.78, 5) is 28.4. The van der Waals surface area contributed by atoms with Crippen LogP contribution in [0.15, 0.2) is 55.0 Å². The SMILES string of the molecule is Cc1ccc(N[C@@H]2C[C@@H]3CC[C@@H]2N(C(=O)c2cccc(F)c2-c2ncccn2)C3)nc1. The molecule has 3 atom stereocenters. The number of aryl methyl sites for hydroxylation is 1. The molecule has 6 rings (SSSR count). The van der Waals surface area contributed by atoms with E-state index in [4.69, 9.17) is 0 Å². The summed E-state index contributed by atoms with van der Waals surface area (Å²) in [6.45, 7) is 2.70. The molecule has 7 heteroatoms. The zero-order valence-corrected chi connectivity index (χ0v) is 17.3. The van der Waals surface area contributed by atoms with Crippen LogP contribution in [0.1, 0.15) is 35.2 Å². The van der Waals surface area contributed by atoms with Gasteiger partial charge in [0.15, 0.2) is 5.82 Å². The van der Waals surface area contributed by atoms with E-state index in [-0.39, 0.29) is 29.4 Å². The van der Waals surface area contributed by atoms with Crippen molar-refractivity contribution in [3.05, 3.63) is 71.9 Å². The fourth-order valence-electron chi connectivity index (χ4n) is 4.84. The summed E-state index contributed by atoms with van der Waals surface area (Å²) < 4.78 is 14.8. The first-order chi connectivity index (χ1) is 15.1. The third kappa shape index (κ3) is 3.76. The first-order valence-electron chi connectivity index (χ1n) is 10.7. The van der Waals surface area contributed by atoms with Crippen molar-refractivity contribution < 1.29 is 9.18 Å². The number of benzene rings is 1. The van der Waals surface area contributed by atoms with Crippen LogP contribution in [0, 0.1) is 18.7 Å². The maximum atomic E-state index is 14.8. The van der Waals surface area contributed by atoms with Crippen molar-refractivity contribution in [2.75, 3.05) is 11.9 Å². The fourth-order valence-corrected chi connectivity index (χ4v) is 4.84. The smallest absolute Gasteiger partial charge is 0.255 e. The van der Waals surface area contributed by atoms with Crippen LogP contribution in [0.25, 0.3) is 11.4 Å². The summed E-state index contributed by atoms with van der Waals surface area (Å²) in [5.74, 6) is 0.809. The van der Waals surface area contributed by atoms with Gasteiger partial charge in [-0.3, -0.25) is 4.79 Å². The monoisotopic (exact) mass is 417 g/mol. The van der Waals surface area contributed by atoms with Crippen molar-refractivity contribution in [1.82, 2.24) is 19.9 Å². The number of fused-ring (bicyclic) bond motifs is 3. The van der Waals surface area contributed by atoms with E-state index in [1.165, 1.54) is 6.07 Å². The van der Waals surface area contributed by atoms with Gasteiger partial charge in [0.2, 0.25) is 0 Å². The van der Waals surface area contributed by atoms with Gasteiger partial charge >= 0.3 is 0 Å². The molecule has 3 aliphatic rings. The molecule has 2 saturated heterocycles. The van der Waals surface area contributed by atoms with Crippen LogP contribution >= 0.6 is 0 Å². The number of hydrogen-bond donors (Lipinski definition) is 1. The van der Waals surface area contributed by atoms with Gasteiger partial charge in [-0.1, -0.05) is 12.1 Å². The molecule has 158 valence electrons. The van der Waals surface area contributed by atoms with Crippen LogP contribution in [0.5, 0.6) is 0 Å². The Hall–Kier alpha value is -3.35. The lowest BCUT2D eigenvalue weighted by atomic mass is 9.76. The summed E-state index contributed by atoms with van der Waals surface area (Å²) in [6, 6.07) is 10.4. The molecule has 6 nitrogen and oxygen atoms in total. The first-order valence-corrected chi connectivity index (χ1v) is 10.7.